The number of rotatable bonds is 7. The molecule has 2 radical (unpaired) electrons. The second-order valence-corrected chi connectivity index (χ2v) is 20.5. The van der Waals surface area contributed by atoms with E-state index in [0.717, 1.165) is 0 Å². The van der Waals surface area contributed by atoms with Gasteiger partial charge in [0, 0.05) is 9.52 Å². The topological polar surface area (TPSA) is 0 Å². The van der Waals surface area contributed by atoms with Gasteiger partial charge in [0.2, 0.25) is 0 Å². The van der Waals surface area contributed by atoms with Crippen LogP contribution in [0.1, 0.15) is 96.4 Å². The molecule has 4 heteroatoms. The van der Waals surface area contributed by atoms with Crippen LogP contribution in [0.25, 0.3) is 43.8 Å². The number of halogens is 2. The molecule has 0 aromatic heterocycles. The number of hydrogen-bond donors (Lipinski definition) is 0. The minimum atomic E-state index is -0.826. The Morgan fingerprint density at radius 2 is 0.980 bits per heavy atom. The summed E-state index contributed by atoms with van der Waals surface area (Å²) in [5.41, 5.74) is 11.1. The number of unbranched alkanes of at least 4 members (excludes halogenated alkanes) is 3. The van der Waals surface area contributed by atoms with Gasteiger partial charge in [-0.25, -0.2) is 0 Å². The zero-order chi connectivity index (χ0) is 37.6. The van der Waals surface area contributed by atoms with Crippen LogP contribution in [0.5, 0.6) is 0 Å². The molecule has 0 aliphatic rings. The third-order valence-electron chi connectivity index (χ3n) is 9.19. The van der Waals surface area contributed by atoms with Crippen molar-refractivity contribution < 1.29 is 20.8 Å². The van der Waals surface area contributed by atoms with Crippen molar-refractivity contribution in [2.24, 2.45) is 0 Å². The molecule has 0 amide bonds. The van der Waals surface area contributed by atoms with Gasteiger partial charge in [0.05, 0.1) is 0 Å². The Morgan fingerprint density at radius 3 is 1.31 bits per heavy atom. The Labute approximate surface area is 331 Å². The summed E-state index contributed by atoms with van der Waals surface area (Å²) < 4.78 is 0. The summed E-state index contributed by atoms with van der Waals surface area (Å²) in [5, 5.41) is 5.38. The molecule has 51 heavy (non-hydrogen) atoms. The van der Waals surface area contributed by atoms with Gasteiger partial charge in [0.25, 0.3) is 0 Å². The van der Waals surface area contributed by atoms with Crippen LogP contribution in [0.3, 0.4) is 0 Å². The van der Waals surface area contributed by atoms with Crippen LogP contribution in [-0.2, 0) is 31.7 Å². The molecule has 0 fully saturated rings. The zero-order valence-electron chi connectivity index (χ0n) is 32.7. The van der Waals surface area contributed by atoms with Gasteiger partial charge in [-0.1, -0.05) is 172 Å². The molecule has 0 aliphatic heterocycles. The van der Waals surface area contributed by atoms with Crippen LogP contribution in [0.4, 0.5) is 0 Å². The average molecular weight is 813 g/mol. The van der Waals surface area contributed by atoms with E-state index < -0.39 is 20.8 Å². The maximum atomic E-state index is 4.93. The fraction of sp³-hybridized carbons (Fsp3) is 0.362. The third kappa shape index (κ3) is 13.3. The third-order valence-corrected chi connectivity index (χ3v) is 10.0. The van der Waals surface area contributed by atoms with Crippen molar-refractivity contribution in [1.29, 1.82) is 0 Å². The summed E-state index contributed by atoms with van der Waals surface area (Å²) in [6.45, 7) is 22.4. The molecule has 0 nitrogen and oxygen atoms in total. The second-order valence-electron chi connectivity index (χ2n) is 15.6. The van der Waals surface area contributed by atoms with Crippen molar-refractivity contribution in [3.8, 4) is 22.3 Å². The number of benzene rings is 4. The van der Waals surface area contributed by atoms with E-state index in [9.17, 15) is 0 Å². The van der Waals surface area contributed by atoms with Crippen LogP contribution in [0.15, 0.2) is 109 Å². The second kappa shape index (κ2) is 20.9. The molecule has 6 aromatic carbocycles. The average Bonchev–Trinajstić information content (AvgIpc) is 3.68. The Balaban J connectivity index is 0.000000215. The first kappa shape index (κ1) is 43.2. The van der Waals surface area contributed by atoms with Crippen molar-refractivity contribution in [1.82, 2.24) is 0 Å². The van der Waals surface area contributed by atoms with Gasteiger partial charge in [-0.05, 0) is 33.1 Å². The fourth-order valence-electron chi connectivity index (χ4n) is 6.30. The molecule has 0 bridgehead atoms. The summed E-state index contributed by atoms with van der Waals surface area (Å²) in [7, 11) is 11.0. The van der Waals surface area contributed by atoms with Crippen LogP contribution in [0, 0.1) is 13.8 Å². The van der Waals surface area contributed by atoms with Gasteiger partial charge in [0.15, 0.2) is 0 Å². The molecule has 0 saturated carbocycles. The quantitative estimate of drug-likeness (QED) is 0.0856. The van der Waals surface area contributed by atoms with Gasteiger partial charge in [-0.2, -0.15) is 12.1 Å². The summed E-state index contributed by atoms with van der Waals surface area (Å²) in [4.78, 5) is 0. The SMILES string of the molecule is CCCCCC[Si]C.Cc1cc2c(-c3ccc(C(C)(C)C)cc3)cccc2[cH-]1.Cc1cc2c(-c3ccc(C(C)(C)C)cc3)cccc2[cH-]1.[Cl][Zr+2][Cl]. The molecule has 0 aliphatic carbocycles. The van der Waals surface area contributed by atoms with Crippen molar-refractivity contribution in [3.05, 3.63) is 131 Å². The van der Waals surface area contributed by atoms with Crippen LogP contribution in [0.2, 0.25) is 12.6 Å². The number of hydrogen-bond acceptors (Lipinski definition) is 0. The van der Waals surface area contributed by atoms with Gasteiger partial charge >= 0.3 is 37.9 Å². The number of fused-ring (bicyclic) bond motifs is 2. The van der Waals surface area contributed by atoms with Crippen molar-refractivity contribution >= 4 is 48.1 Å². The van der Waals surface area contributed by atoms with E-state index in [-0.39, 0.29) is 10.8 Å². The van der Waals surface area contributed by atoms with Gasteiger partial charge in [-0.15, -0.1) is 69.1 Å². The fourth-order valence-corrected chi connectivity index (χ4v) is 6.90. The molecular weight excluding hydrogens is 755 g/mol. The van der Waals surface area contributed by atoms with E-state index in [1.54, 1.807) is 0 Å². The summed E-state index contributed by atoms with van der Waals surface area (Å²) in [5.74, 6) is 0. The summed E-state index contributed by atoms with van der Waals surface area (Å²) in [6, 6.07) is 41.6. The maximum absolute atomic E-state index is 4.93. The predicted molar refractivity (Wildman–Crippen MR) is 229 cm³/mol. The van der Waals surface area contributed by atoms with Crippen LogP contribution >= 0.6 is 17.0 Å². The first-order chi connectivity index (χ1) is 24.2. The number of aryl methyl sites for hydroxylation is 2. The van der Waals surface area contributed by atoms with E-state index in [2.05, 4.69) is 178 Å². The van der Waals surface area contributed by atoms with E-state index in [1.807, 2.05) is 0 Å². The van der Waals surface area contributed by atoms with Crippen molar-refractivity contribution in [2.45, 2.75) is 111 Å². The van der Waals surface area contributed by atoms with E-state index in [4.69, 9.17) is 17.0 Å². The first-order valence-corrected chi connectivity index (χ1v) is 26.4. The molecular formula is C47H58Cl2SiZr. The molecule has 268 valence electrons. The van der Waals surface area contributed by atoms with Gasteiger partial charge in [-0.3, -0.25) is 0 Å². The predicted octanol–water partition coefficient (Wildman–Crippen LogP) is 15.8. The minimum absolute atomic E-state index is 0.210. The summed E-state index contributed by atoms with van der Waals surface area (Å²) >= 11 is -0.826. The normalized spacial score (nSPS) is 11.1. The van der Waals surface area contributed by atoms with Crippen LogP contribution < -0.4 is 0 Å². The van der Waals surface area contributed by atoms with E-state index >= 15 is 0 Å². The first-order valence-electron chi connectivity index (χ1n) is 18.4. The molecule has 0 N–H and O–H groups in total. The standard InChI is InChI=1S/2C20H21.C7H16Si.2ClH.Zr/c2*1-14-12-16-6-5-7-18(19(16)13-14)15-8-10-17(11-9-15)20(2,3)4;1-3-4-5-6-7-8-2;;;/h2*5-13H,1-4H3;3-7H2,1-2H3;2*1H;/q2*-1;;;;+4/p-2. The molecule has 0 atom stereocenters. The van der Waals surface area contributed by atoms with Crippen LogP contribution in [-0.4, -0.2) is 9.52 Å². The monoisotopic (exact) mass is 810 g/mol. The Kier molecular flexibility index (Phi) is 17.7. The molecule has 0 saturated heterocycles. The van der Waals surface area contributed by atoms with E-state index in [1.165, 1.54) is 107 Å². The van der Waals surface area contributed by atoms with Crippen molar-refractivity contribution in [3.63, 3.8) is 0 Å². The summed E-state index contributed by atoms with van der Waals surface area (Å²) in [6.07, 6.45) is 5.72. The van der Waals surface area contributed by atoms with Crippen molar-refractivity contribution in [2.75, 3.05) is 0 Å². The Morgan fingerprint density at radius 1 is 0.588 bits per heavy atom. The Hall–Kier alpha value is -2.22. The van der Waals surface area contributed by atoms with Gasteiger partial charge < -0.3 is 0 Å². The molecule has 6 aromatic rings. The Bertz CT molecular complexity index is 1740. The zero-order valence-corrected chi connectivity index (χ0v) is 37.7. The van der Waals surface area contributed by atoms with E-state index in [0.29, 0.717) is 0 Å². The van der Waals surface area contributed by atoms with Gasteiger partial charge in [0.1, 0.15) is 0 Å². The molecule has 0 heterocycles. The molecule has 0 unspecified atom stereocenters. The molecule has 6 rings (SSSR count). The molecule has 0 spiro atoms.